The lowest BCUT2D eigenvalue weighted by Crippen LogP contribution is -2.23. The Kier molecular flexibility index (Phi) is 5.32. The van der Waals surface area contributed by atoms with E-state index in [4.69, 9.17) is 5.11 Å². The van der Waals surface area contributed by atoms with E-state index >= 15 is 0 Å². The van der Waals surface area contributed by atoms with Crippen LogP contribution in [0.15, 0.2) is 48.5 Å². The third kappa shape index (κ3) is 4.56. The molecule has 0 fully saturated rings. The van der Waals surface area contributed by atoms with E-state index in [0.29, 0.717) is 17.7 Å². The van der Waals surface area contributed by atoms with Gasteiger partial charge in [-0.1, -0.05) is 30.3 Å². The zero-order chi connectivity index (χ0) is 15.2. The molecule has 0 spiro atoms. The van der Waals surface area contributed by atoms with Crippen molar-refractivity contribution in [1.82, 2.24) is 5.32 Å². The Balaban J connectivity index is 2.06. The van der Waals surface area contributed by atoms with Crippen molar-refractivity contribution in [2.45, 2.75) is 13.0 Å². The number of carbonyl (C=O) groups is 2. The highest BCUT2D eigenvalue weighted by molar-refractivity contribution is 14.1. The number of hydrogen-bond donors (Lipinski definition) is 2. The summed E-state index contributed by atoms with van der Waals surface area (Å²) in [5.41, 5.74) is 2.13. The standard InChI is InChI=1S/C16H14INO3/c17-14-7-3-6-12(8-14)16(21)18-10-13-5-2-1-4-11(13)9-15(19)20/h1-8H,9-10H2,(H,18,21)(H,19,20). The first-order valence-electron chi connectivity index (χ1n) is 6.38. The SMILES string of the molecule is O=C(O)Cc1ccccc1CNC(=O)c1cccc(I)c1. The predicted octanol–water partition coefficient (Wildman–Crippen LogP) is 2.85. The quantitative estimate of drug-likeness (QED) is 0.766. The summed E-state index contributed by atoms with van der Waals surface area (Å²) in [6.07, 6.45) is -0.0463. The number of amides is 1. The molecule has 108 valence electrons. The number of aliphatic carboxylic acids is 1. The molecule has 0 heterocycles. The summed E-state index contributed by atoms with van der Waals surface area (Å²) < 4.78 is 0.992. The Labute approximate surface area is 136 Å². The highest BCUT2D eigenvalue weighted by atomic mass is 127. The van der Waals surface area contributed by atoms with Crippen molar-refractivity contribution >= 4 is 34.5 Å². The zero-order valence-corrected chi connectivity index (χ0v) is 13.3. The molecule has 0 unspecified atom stereocenters. The summed E-state index contributed by atoms with van der Waals surface area (Å²) >= 11 is 2.15. The van der Waals surface area contributed by atoms with Gasteiger partial charge in [0.2, 0.25) is 0 Å². The Morgan fingerprint density at radius 1 is 1.05 bits per heavy atom. The van der Waals surface area contributed by atoms with Crippen molar-refractivity contribution in [3.05, 3.63) is 68.8 Å². The van der Waals surface area contributed by atoms with Crippen LogP contribution in [0.4, 0.5) is 0 Å². The highest BCUT2D eigenvalue weighted by Crippen LogP contribution is 2.11. The molecule has 0 aliphatic carbocycles. The third-order valence-electron chi connectivity index (χ3n) is 2.99. The van der Waals surface area contributed by atoms with E-state index in [1.165, 1.54) is 0 Å². The van der Waals surface area contributed by atoms with Crippen molar-refractivity contribution < 1.29 is 14.7 Å². The van der Waals surface area contributed by atoms with Crippen LogP contribution in [0.5, 0.6) is 0 Å². The first kappa shape index (κ1) is 15.5. The largest absolute Gasteiger partial charge is 0.481 e. The third-order valence-corrected chi connectivity index (χ3v) is 3.66. The fourth-order valence-corrected chi connectivity index (χ4v) is 2.52. The molecule has 0 aliphatic heterocycles. The molecular formula is C16H14INO3. The molecule has 0 atom stereocenters. The molecule has 4 nitrogen and oxygen atoms in total. The Morgan fingerprint density at radius 3 is 2.43 bits per heavy atom. The molecular weight excluding hydrogens is 381 g/mol. The number of benzene rings is 2. The monoisotopic (exact) mass is 395 g/mol. The molecule has 0 bridgehead atoms. The van der Waals surface area contributed by atoms with Gasteiger partial charge in [-0.15, -0.1) is 0 Å². The summed E-state index contributed by atoms with van der Waals surface area (Å²) in [5.74, 6) is -1.05. The second-order valence-corrected chi connectivity index (χ2v) is 5.78. The molecule has 2 aromatic rings. The van der Waals surface area contributed by atoms with Gasteiger partial charge in [0.05, 0.1) is 6.42 Å². The molecule has 2 aromatic carbocycles. The van der Waals surface area contributed by atoms with E-state index in [9.17, 15) is 9.59 Å². The maximum absolute atomic E-state index is 12.1. The molecule has 0 saturated carbocycles. The molecule has 0 radical (unpaired) electrons. The number of halogens is 1. The van der Waals surface area contributed by atoms with E-state index in [2.05, 4.69) is 27.9 Å². The summed E-state index contributed by atoms with van der Waals surface area (Å²) in [4.78, 5) is 22.9. The number of hydrogen-bond acceptors (Lipinski definition) is 2. The van der Waals surface area contributed by atoms with E-state index in [1.54, 1.807) is 24.3 Å². The minimum Gasteiger partial charge on any atom is -0.481 e. The molecule has 2 N–H and O–H groups in total. The van der Waals surface area contributed by atoms with Crippen molar-refractivity contribution in [2.75, 3.05) is 0 Å². The van der Waals surface area contributed by atoms with Gasteiger partial charge in [0.15, 0.2) is 0 Å². The average molecular weight is 395 g/mol. The summed E-state index contributed by atoms with van der Waals surface area (Å²) in [7, 11) is 0. The minimum atomic E-state index is -0.883. The Hall–Kier alpha value is -1.89. The van der Waals surface area contributed by atoms with Gasteiger partial charge in [0, 0.05) is 15.7 Å². The Bertz CT molecular complexity index is 670. The van der Waals surface area contributed by atoms with Gasteiger partial charge in [-0.05, 0) is 51.9 Å². The van der Waals surface area contributed by atoms with Gasteiger partial charge in [0.1, 0.15) is 0 Å². The van der Waals surface area contributed by atoms with Gasteiger partial charge in [-0.25, -0.2) is 0 Å². The molecule has 21 heavy (non-hydrogen) atoms. The molecule has 0 saturated heterocycles. The van der Waals surface area contributed by atoms with E-state index in [0.717, 1.165) is 9.13 Å². The van der Waals surface area contributed by atoms with Gasteiger partial charge < -0.3 is 10.4 Å². The number of carbonyl (C=O) groups excluding carboxylic acids is 1. The fourth-order valence-electron chi connectivity index (χ4n) is 1.97. The highest BCUT2D eigenvalue weighted by Gasteiger charge is 2.09. The number of nitrogens with one attached hydrogen (secondary N) is 1. The van der Waals surface area contributed by atoms with E-state index < -0.39 is 5.97 Å². The van der Waals surface area contributed by atoms with Crippen LogP contribution in [0.2, 0.25) is 0 Å². The fraction of sp³-hybridized carbons (Fsp3) is 0.125. The molecule has 0 aromatic heterocycles. The van der Waals surface area contributed by atoms with E-state index in [1.807, 2.05) is 24.3 Å². The van der Waals surface area contributed by atoms with Gasteiger partial charge in [0.25, 0.3) is 5.91 Å². The van der Waals surface area contributed by atoms with Crippen LogP contribution >= 0.6 is 22.6 Å². The van der Waals surface area contributed by atoms with Crippen molar-refractivity contribution in [3.63, 3.8) is 0 Å². The van der Waals surface area contributed by atoms with Gasteiger partial charge >= 0.3 is 5.97 Å². The average Bonchev–Trinajstić information content (AvgIpc) is 2.45. The summed E-state index contributed by atoms with van der Waals surface area (Å²) in [5, 5.41) is 11.7. The van der Waals surface area contributed by atoms with Crippen LogP contribution in [0.3, 0.4) is 0 Å². The topological polar surface area (TPSA) is 66.4 Å². The maximum atomic E-state index is 12.1. The molecule has 2 rings (SSSR count). The van der Waals surface area contributed by atoms with Crippen molar-refractivity contribution in [2.24, 2.45) is 0 Å². The summed E-state index contributed by atoms with van der Waals surface area (Å²) in [6.45, 7) is 0.313. The van der Waals surface area contributed by atoms with Crippen LogP contribution in [0.25, 0.3) is 0 Å². The Morgan fingerprint density at radius 2 is 1.76 bits per heavy atom. The molecule has 0 aliphatic rings. The lowest BCUT2D eigenvalue weighted by atomic mass is 10.0. The first-order valence-corrected chi connectivity index (χ1v) is 7.46. The van der Waals surface area contributed by atoms with Crippen LogP contribution in [0.1, 0.15) is 21.5 Å². The van der Waals surface area contributed by atoms with Gasteiger partial charge in [-0.2, -0.15) is 0 Å². The van der Waals surface area contributed by atoms with Gasteiger partial charge in [-0.3, -0.25) is 9.59 Å². The maximum Gasteiger partial charge on any atom is 0.307 e. The van der Waals surface area contributed by atoms with Crippen molar-refractivity contribution in [1.29, 1.82) is 0 Å². The van der Waals surface area contributed by atoms with Crippen LogP contribution in [-0.2, 0) is 17.8 Å². The smallest absolute Gasteiger partial charge is 0.307 e. The lowest BCUT2D eigenvalue weighted by Gasteiger charge is -2.09. The first-order chi connectivity index (χ1) is 10.1. The number of carboxylic acid groups (broad SMARTS) is 1. The second-order valence-electron chi connectivity index (χ2n) is 4.53. The van der Waals surface area contributed by atoms with Crippen LogP contribution in [0, 0.1) is 3.57 Å². The lowest BCUT2D eigenvalue weighted by molar-refractivity contribution is -0.136. The second kappa shape index (κ2) is 7.21. The van der Waals surface area contributed by atoms with Crippen LogP contribution < -0.4 is 5.32 Å². The van der Waals surface area contributed by atoms with Crippen molar-refractivity contribution in [3.8, 4) is 0 Å². The van der Waals surface area contributed by atoms with E-state index in [-0.39, 0.29) is 12.3 Å². The zero-order valence-electron chi connectivity index (χ0n) is 11.2. The molecule has 5 heteroatoms. The number of carboxylic acids is 1. The van der Waals surface area contributed by atoms with Crippen LogP contribution in [-0.4, -0.2) is 17.0 Å². The minimum absolute atomic E-state index is 0.0463. The predicted molar refractivity (Wildman–Crippen MR) is 88.1 cm³/mol. The molecule has 1 amide bonds. The number of rotatable bonds is 5. The normalized spacial score (nSPS) is 10.1. The summed E-state index contributed by atoms with van der Waals surface area (Å²) in [6, 6.07) is 14.5.